The van der Waals surface area contributed by atoms with Gasteiger partial charge in [-0.25, -0.2) is 4.98 Å². The third-order valence-corrected chi connectivity index (χ3v) is 4.97. The van der Waals surface area contributed by atoms with Crippen molar-refractivity contribution >= 4 is 44.2 Å². The van der Waals surface area contributed by atoms with E-state index in [1.165, 1.54) is 11.3 Å². The van der Waals surface area contributed by atoms with Crippen LogP contribution in [0.25, 0.3) is 0 Å². The number of carbonyl (C=O) groups is 2. The van der Waals surface area contributed by atoms with Crippen LogP contribution in [0.15, 0.2) is 34.1 Å². The molecule has 0 bridgehead atoms. The van der Waals surface area contributed by atoms with Crippen molar-refractivity contribution < 1.29 is 9.59 Å². The lowest BCUT2D eigenvalue weighted by Crippen LogP contribution is -2.25. The standard InChI is InChI=1S/C16H16BrN3O2S/c17-12-4-1-3-11(7-12)9-18-14(21)8-13-10-23-16(19-13)20-6-2-5-15(20)22/h1,3-4,7,10H,2,5-6,8-9H2,(H,18,21). The Morgan fingerprint density at radius 1 is 1.43 bits per heavy atom. The van der Waals surface area contributed by atoms with E-state index in [4.69, 9.17) is 0 Å². The van der Waals surface area contributed by atoms with Crippen molar-refractivity contribution in [2.45, 2.75) is 25.8 Å². The molecule has 1 aromatic heterocycles. The van der Waals surface area contributed by atoms with Crippen LogP contribution < -0.4 is 10.2 Å². The van der Waals surface area contributed by atoms with Gasteiger partial charge in [0.1, 0.15) is 0 Å². The van der Waals surface area contributed by atoms with Crippen molar-refractivity contribution in [1.82, 2.24) is 10.3 Å². The minimum atomic E-state index is -0.0745. The van der Waals surface area contributed by atoms with Gasteiger partial charge in [0.2, 0.25) is 11.8 Å². The van der Waals surface area contributed by atoms with Gasteiger partial charge in [0.25, 0.3) is 0 Å². The van der Waals surface area contributed by atoms with E-state index in [1.54, 1.807) is 4.90 Å². The molecule has 7 heteroatoms. The fourth-order valence-electron chi connectivity index (χ4n) is 2.43. The molecule has 3 rings (SSSR count). The van der Waals surface area contributed by atoms with Crippen LogP contribution in [0.4, 0.5) is 5.13 Å². The quantitative estimate of drug-likeness (QED) is 0.849. The topological polar surface area (TPSA) is 62.3 Å². The maximum Gasteiger partial charge on any atom is 0.228 e. The molecule has 2 aromatic rings. The molecule has 2 heterocycles. The summed E-state index contributed by atoms with van der Waals surface area (Å²) in [6, 6.07) is 7.82. The summed E-state index contributed by atoms with van der Waals surface area (Å²) in [5, 5.41) is 5.43. The monoisotopic (exact) mass is 393 g/mol. The molecule has 0 aliphatic carbocycles. The number of carbonyl (C=O) groups excluding carboxylic acids is 2. The Labute approximate surface area is 146 Å². The van der Waals surface area contributed by atoms with Crippen molar-refractivity contribution in [1.29, 1.82) is 0 Å². The molecular weight excluding hydrogens is 378 g/mol. The fourth-order valence-corrected chi connectivity index (χ4v) is 3.74. The van der Waals surface area contributed by atoms with E-state index in [0.717, 1.165) is 23.0 Å². The van der Waals surface area contributed by atoms with Gasteiger partial charge >= 0.3 is 0 Å². The normalized spacial score (nSPS) is 14.3. The summed E-state index contributed by atoms with van der Waals surface area (Å²) in [4.78, 5) is 29.8. The molecule has 1 N–H and O–H groups in total. The Kier molecular flexibility index (Phi) is 5.07. The summed E-state index contributed by atoms with van der Waals surface area (Å²) in [6.45, 7) is 1.21. The first-order valence-electron chi connectivity index (χ1n) is 7.38. The van der Waals surface area contributed by atoms with Crippen LogP contribution in [0.1, 0.15) is 24.1 Å². The van der Waals surface area contributed by atoms with E-state index in [1.807, 2.05) is 29.6 Å². The van der Waals surface area contributed by atoms with E-state index in [2.05, 4.69) is 26.2 Å². The number of halogens is 1. The average Bonchev–Trinajstić information content (AvgIpc) is 3.14. The third kappa shape index (κ3) is 4.17. The first kappa shape index (κ1) is 16.1. The molecule has 0 saturated carbocycles. The molecule has 120 valence electrons. The molecule has 0 atom stereocenters. The Balaban J connectivity index is 1.54. The Morgan fingerprint density at radius 3 is 3.04 bits per heavy atom. The van der Waals surface area contributed by atoms with Gasteiger partial charge in [0, 0.05) is 29.4 Å². The van der Waals surface area contributed by atoms with Gasteiger partial charge in [-0.1, -0.05) is 28.1 Å². The number of hydrogen-bond donors (Lipinski definition) is 1. The molecule has 2 amide bonds. The molecule has 1 saturated heterocycles. The van der Waals surface area contributed by atoms with E-state index >= 15 is 0 Å². The van der Waals surface area contributed by atoms with Gasteiger partial charge in [0.15, 0.2) is 5.13 Å². The summed E-state index contributed by atoms with van der Waals surface area (Å²) in [7, 11) is 0. The maximum absolute atomic E-state index is 12.0. The van der Waals surface area contributed by atoms with E-state index in [-0.39, 0.29) is 18.2 Å². The lowest BCUT2D eigenvalue weighted by atomic mass is 10.2. The third-order valence-electron chi connectivity index (χ3n) is 3.56. The van der Waals surface area contributed by atoms with E-state index in [0.29, 0.717) is 23.8 Å². The van der Waals surface area contributed by atoms with E-state index in [9.17, 15) is 9.59 Å². The fraction of sp³-hybridized carbons (Fsp3) is 0.312. The second-order valence-electron chi connectivity index (χ2n) is 5.35. The SMILES string of the molecule is O=C(Cc1csc(N2CCCC2=O)n1)NCc1cccc(Br)c1. The maximum atomic E-state index is 12.0. The number of benzene rings is 1. The van der Waals surface area contributed by atoms with Crippen molar-refractivity contribution in [3.05, 3.63) is 45.4 Å². The zero-order chi connectivity index (χ0) is 16.2. The number of rotatable bonds is 5. The van der Waals surface area contributed by atoms with Gasteiger partial charge in [-0.2, -0.15) is 0 Å². The summed E-state index contributed by atoms with van der Waals surface area (Å²) >= 11 is 4.83. The molecular formula is C16H16BrN3O2S. The predicted molar refractivity (Wildman–Crippen MR) is 93.4 cm³/mol. The van der Waals surface area contributed by atoms with Gasteiger partial charge in [0.05, 0.1) is 12.1 Å². The highest BCUT2D eigenvalue weighted by atomic mass is 79.9. The zero-order valence-corrected chi connectivity index (χ0v) is 14.8. The molecule has 5 nitrogen and oxygen atoms in total. The minimum absolute atomic E-state index is 0.0745. The minimum Gasteiger partial charge on any atom is -0.352 e. The largest absolute Gasteiger partial charge is 0.352 e. The van der Waals surface area contributed by atoms with Crippen molar-refractivity contribution in [2.24, 2.45) is 0 Å². The molecule has 1 aliphatic rings. The number of amides is 2. The zero-order valence-electron chi connectivity index (χ0n) is 12.4. The smallest absolute Gasteiger partial charge is 0.228 e. The highest BCUT2D eigenvalue weighted by Crippen LogP contribution is 2.25. The molecule has 0 spiro atoms. The van der Waals surface area contributed by atoms with Crippen LogP contribution in [0, 0.1) is 0 Å². The van der Waals surface area contributed by atoms with Crippen molar-refractivity contribution in [3.63, 3.8) is 0 Å². The molecule has 1 aromatic carbocycles. The number of nitrogens with one attached hydrogen (secondary N) is 1. The number of hydrogen-bond acceptors (Lipinski definition) is 4. The number of thiazole rings is 1. The summed E-state index contributed by atoms with van der Waals surface area (Å²) in [6.07, 6.45) is 1.69. The summed E-state index contributed by atoms with van der Waals surface area (Å²) in [5.41, 5.74) is 1.74. The van der Waals surface area contributed by atoms with Crippen molar-refractivity contribution in [2.75, 3.05) is 11.4 Å². The molecule has 1 fully saturated rings. The van der Waals surface area contributed by atoms with Crippen LogP contribution >= 0.6 is 27.3 Å². The molecule has 1 aliphatic heterocycles. The predicted octanol–water partition coefficient (Wildman–Crippen LogP) is 2.89. The summed E-state index contributed by atoms with van der Waals surface area (Å²) in [5.74, 6) is 0.0413. The van der Waals surface area contributed by atoms with Gasteiger partial charge in [-0.3, -0.25) is 14.5 Å². The van der Waals surface area contributed by atoms with Crippen LogP contribution in [0.3, 0.4) is 0 Å². The highest BCUT2D eigenvalue weighted by Gasteiger charge is 2.24. The molecule has 0 unspecified atom stereocenters. The summed E-state index contributed by atoms with van der Waals surface area (Å²) < 4.78 is 0.990. The van der Waals surface area contributed by atoms with Gasteiger partial charge < -0.3 is 5.32 Å². The van der Waals surface area contributed by atoms with E-state index < -0.39 is 0 Å². The molecule has 0 radical (unpaired) electrons. The van der Waals surface area contributed by atoms with Crippen molar-refractivity contribution in [3.8, 4) is 0 Å². The first-order chi connectivity index (χ1) is 11.1. The van der Waals surface area contributed by atoms with Crippen LogP contribution in [0.2, 0.25) is 0 Å². The van der Waals surface area contributed by atoms with Gasteiger partial charge in [-0.05, 0) is 24.1 Å². The second-order valence-corrected chi connectivity index (χ2v) is 7.11. The Bertz CT molecular complexity index is 732. The van der Waals surface area contributed by atoms with Crippen LogP contribution in [-0.4, -0.2) is 23.3 Å². The lowest BCUT2D eigenvalue weighted by Gasteiger charge is -2.10. The highest BCUT2D eigenvalue weighted by molar-refractivity contribution is 9.10. The Morgan fingerprint density at radius 2 is 2.30 bits per heavy atom. The number of anilines is 1. The first-order valence-corrected chi connectivity index (χ1v) is 9.05. The van der Waals surface area contributed by atoms with Crippen LogP contribution in [0.5, 0.6) is 0 Å². The Hall–Kier alpha value is -1.73. The molecule has 23 heavy (non-hydrogen) atoms. The number of nitrogens with zero attached hydrogens (tertiary/aromatic N) is 2. The second kappa shape index (κ2) is 7.23. The lowest BCUT2D eigenvalue weighted by molar-refractivity contribution is -0.120. The van der Waals surface area contributed by atoms with Gasteiger partial charge in [-0.15, -0.1) is 11.3 Å². The average molecular weight is 394 g/mol. The number of aromatic nitrogens is 1. The van der Waals surface area contributed by atoms with Crippen LogP contribution in [-0.2, 0) is 22.6 Å².